The summed E-state index contributed by atoms with van der Waals surface area (Å²) >= 11 is 2.32. The van der Waals surface area contributed by atoms with Gasteiger partial charge in [0, 0.05) is 16.5 Å². The van der Waals surface area contributed by atoms with Crippen molar-refractivity contribution in [3.8, 4) is 11.5 Å². The highest BCUT2D eigenvalue weighted by Gasteiger charge is 2.12. The van der Waals surface area contributed by atoms with Crippen LogP contribution in [0.4, 0.5) is 0 Å². The first-order chi connectivity index (χ1) is 9.22. The molecule has 0 saturated carbocycles. The van der Waals surface area contributed by atoms with Crippen molar-refractivity contribution in [3.05, 3.63) is 33.2 Å². The second-order valence-corrected chi connectivity index (χ2v) is 5.52. The number of halogens is 1. The molecule has 0 bridgehead atoms. The lowest BCUT2D eigenvalue weighted by Crippen LogP contribution is -2.17. The molecule has 0 radical (unpaired) electrons. The smallest absolute Gasteiger partial charge is 0.248 e. The SMILES string of the molecule is CCCNCCc1nnc(-c2cccc(C)c2I)o1. The van der Waals surface area contributed by atoms with Gasteiger partial charge in [-0.15, -0.1) is 10.2 Å². The summed E-state index contributed by atoms with van der Waals surface area (Å²) in [6.07, 6.45) is 1.91. The molecule has 0 atom stereocenters. The van der Waals surface area contributed by atoms with Crippen molar-refractivity contribution < 1.29 is 4.42 Å². The summed E-state index contributed by atoms with van der Waals surface area (Å²) in [5.74, 6) is 1.30. The lowest BCUT2D eigenvalue weighted by Gasteiger charge is -2.02. The number of nitrogens with one attached hydrogen (secondary N) is 1. The minimum atomic E-state index is 0.610. The summed E-state index contributed by atoms with van der Waals surface area (Å²) in [6, 6.07) is 6.11. The molecule has 0 aliphatic heterocycles. The van der Waals surface area contributed by atoms with Crippen molar-refractivity contribution >= 4 is 22.6 Å². The predicted molar refractivity (Wildman–Crippen MR) is 84.1 cm³/mol. The quantitative estimate of drug-likeness (QED) is 0.626. The van der Waals surface area contributed by atoms with Crippen LogP contribution < -0.4 is 5.32 Å². The van der Waals surface area contributed by atoms with Gasteiger partial charge in [-0.2, -0.15) is 0 Å². The van der Waals surface area contributed by atoms with E-state index in [0.717, 1.165) is 31.5 Å². The fourth-order valence-corrected chi connectivity index (χ4v) is 2.36. The Morgan fingerprint density at radius 2 is 2.11 bits per heavy atom. The van der Waals surface area contributed by atoms with Crippen LogP contribution in [0.5, 0.6) is 0 Å². The molecule has 4 nitrogen and oxygen atoms in total. The Morgan fingerprint density at radius 1 is 1.26 bits per heavy atom. The molecule has 1 aromatic heterocycles. The van der Waals surface area contributed by atoms with Crippen LogP contribution in [0, 0.1) is 10.5 Å². The standard InChI is InChI=1S/C14H18IN3O/c1-3-8-16-9-7-12-17-18-14(19-12)11-6-4-5-10(2)13(11)15/h4-6,16H,3,7-9H2,1-2H3. The third-order valence-electron chi connectivity index (χ3n) is 2.83. The van der Waals surface area contributed by atoms with Gasteiger partial charge in [0.15, 0.2) is 0 Å². The molecule has 0 aliphatic rings. The maximum absolute atomic E-state index is 5.72. The number of hydrogen-bond donors (Lipinski definition) is 1. The molecule has 0 saturated heterocycles. The van der Waals surface area contributed by atoms with E-state index in [2.05, 4.69) is 58.0 Å². The van der Waals surface area contributed by atoms with E-state index in [1.807, 2.05) is 12.1 Å². The van der Waals surface area contributed by atoms with Crippen molar-refractivity contribution in [3.63, 3.8) is 0 Å². The van der Waals surface area contributed by atoms with E-state index < -0.39 is 0 Å². The average molecular weight is 371 g/mol. The molecule has 0 amide bonds. The first kappa shape index (κ1) is 14.5. The van der Waals surface area contributed by atoms with Gasteiger partial charge in [-0.1, -0.05) is 19.1 Å². The highest BCUT2D eigenvalue weighted by Crippen LogP contribution is 2.26. The van der Waals surface area contributed by atoms with Crippen LogP contribution in [0.3, 0.4) is 0 Å². The molecule has 19 heavy (non-hydrogen) atoms. The molecular weight excluding hydrogens is 353 g/mol. The van der Waals surface area contributed by atoms with Gasteiger partial charge < -0.3 is 9.73 Å². The van der Waals surface area contributed by atoms with E-state index >= 15 is 0 Å². The molecule has 1 aromatic carbocycles. The number of benzene rings is 1. The van der Waals surface area contributed by atoms with Crippen LogP contribution in [-0.2, 0) is 6.42 Å². The van der Waals surface area contributed by atoms with Crippen molar-refractivity contribution in [1.29, 1.82) is 0 Å². The van der Waals surface area contributed by atoms with Crippen LogP contribution in [0.25, 0.3) is 11.5 Å². The second-order valence-electron chi connectivity index (χ2n) is 4.44. The van der Waals surface area contributed by atoms with Crippen LogP contribution in [0.15, 0.2) is 22.6 Å². The van der Waals surface area contributed by atoms with Crippen molar-refractivity contribution in [1.82, 2.24) is 15.5 Å². The molecule has 0 aliphatic carbocycles. The third-order valence-corrected chi connectivity index (χ3v) is 4.26. The van der Waals surface area contributed by atoms with Gasteiger partial charge in [-0.25, -0.2) is 0 Å². The predicted octanol–water partition coefficient (Wildman–Crippen LogP) is 3.19. The molecule has 5 heteroatoms. The third kappa shape index (κ3) is 3.76. The zero-order valence-corrected chi connectivity index (χ0v) is 13.4. The average Bonchev–Trinajstić information content (AvgIpc) is 2.87. The number of aromatic nitrogens is 2. The van der Waals surface area contributed by atoms with Gasteiger partial charge in [-0.05, 0) is 54.1 Å². The fraction of sp³-hybridized carbons (Fsp3) is 0.429. The number of hydrogen-bond acceptors (Lipinski definition) is 4. The first-order valence-electron chi connectivity index (χ1n) is 6.51. The zero-order chi connectivity index (χ0) is 13.7. The Hall–Kier alpha value is -0.950. The monoisotopic (exact) mass is 371 g/mol. The molecule has 102 valence electrons. The Balaban J connectivity index is 2.06. The minimum Gasteiger partial charge on any atom is -0.421 e. The largest absolute Gasteiger partial charge is 0.421 e. The Morgan fingerprint density at radius 3 is 2.89 bits per heavy atom. The summed E-state index contributed by atoms with van der Waals surface area (Å²) in [5, 5.41) is 11.6. The maximum Gasteiger partial charge on any atom is 0.248 e. The first-order valence-corrected chi connectivity index (χ1v) is 7.58. The summed E-state index contributed by atoms with van der Waals surface area (Å²) < 4.78 is 6.88. The van der Waals surface area contributed by atoms with Crippen LogP contribution in [0.1, 0.15) is 24.8 Å². The molecule has 0 fully saturated rings. The Labute approximate surface area is 127 Å². The summed E-state index contributed by atoms with van der Waals surface area (Å²) in [5.41, 5.74) is 2.24. The highest BCUT2D eigenvalue weighted by atomic mass is 127. The molecular formula is C14H18IN3O. The van der Waals surface area contributed by atoms with Gasteiger partial charge in [0.1, 0.15) is 0 Å². The summed E-state index contributed by atoms with van der Waals surface area (Å²) in [7, 11) is 0. The van der Waals surface area contributed by atoms with Crippen LogP contribution >= 0.6 is 22.6 Å². The van der Waals surface area contributed by atoms with E-state index in [4.69, 9.17) is 4.42 Å². The van der Waals surface area contributed by atoms with Gasteiger partial charge in [0.05, 0.1) is 5.56 Å². The fourth-order valence-electron chi connectivity index (χ4n) is 1.77. The molecule has 1 heterocycles. The van der Waals surface area contributed by atoms with Gasteiger partial charge >= 0.3 is 0 Å². The normalized spacial score (nSPS) is 10.9. The molecule has 0 unspecified atom stereocenters. The lowest BCUT2D eigenvalue weighted by atomic mass is 10.1. The molecule has 2 aromatic rings. The molecule has 0 spiro atoms. The lowest BCUT2D eigenvalue weighted by molar-refractivity contribution is 0.494. The van der Waals surface area contributed by atoms with Crippen LogP contribution in [0.2, 0.25) is 0 Å². The highest BCUT2D eigenvalue weighted by molar-refractivity contribution is 14.1. The van der Waals surface area contributed by atoms with Gasteiger partial charge in [0.2, 0.25) is 11.8 Å². The minimum absolute atomic E-state index is 0.610. The zero-order valence-electron chi connectivity index (χ0n) is 11.2. The number of aryl methyl sites for hydroxylation is 1. The van der Waals surface area contributed by atoms with Crippen LogP contribution in [-0.4, -0.2) is 23.3 Å². The van der Waals surface area contributed by atoms with Gasteiger partial charge in [-0.3, -0.25) is 0 Å². The topological polar surface area (TPSA) is 51.0 Å². The second kappa shape index (κ2) is 7.00. The molecule has 2 rings (SSSR count). The molecule has 1 N–H and O–H groups in total. The number of rotatable bonds is 6. The van der Waals surface area contributed by atoms with E-state index in [-0.39, 0.29) is 0 Å². The number of nitrogens with zero attached hydrogens (tertiary/aromatic N) is 2. The van der Waals surface area contributed by atoms with E-state index in [0.29, 0.717) is 11.8 Å². The van der Waals surface area contributed by atoms with E-state index in [1.54, 1.807) is 0 Å². The van der Waals surface area contributed by atoms with E-state index in [1.165, 1.54) is 9.13 Å². The van der Waals surface area contributed by atoms with Gasteiger partial charge in [0.25, 0.3) is 0 Å². The van der Waals surface area contributed by atoms with Crippen molar-refractivity contribution in [2.75, 3.05) is 13.1 Å². The summed E-state index contributed by atoms with van der Waals surface area (Å²) in [6.45, 7) is 6.13. The Kier molecular flexibility index (Phi) is 5.33. The van der Waals surface area contributed by atoms with E-state index in [9.17, 15) is 0 Å². The summed E-state index contributed by atoms with van der Waals surface area (Å²) in [4.78, 5) is 0. The Bertz CT molecular complexity index is 539. The maximum atomic E-state index is 5.72. The van der Waals surface area contributed by atoms with Crippen molar-refractivity contribution in [2.45, 2.75) is 26.7 Å². The van der Waals surface area contributed by atoms with Crippen molar-refractivity contribution in [2.24, 2.45) is 0 Å².